The number of rotatable bonds is 1. The number of carbonyl (C=O) groups is 2. The molecule has 1 aliphatic carbocycles. The summed E-state index contributed by atoms with van der Waals surface area (Å²) in [6.07, 6.45) is 0. The zero-order valence-corrected chi connectivity index (χ0v) is 11.0. The monoisotopic (exact) mass is 287 g/mol. The van der Waals surface area contributed by atoms with Gasteiger partial charge in [-0.05, 0) is 6.07 Å². The summed E-state index contributed by atoms with van der Waals surface area (Å²) in [5, 5.41) is 5.12. The van der Waals surface area contributed by atoms with Crippen LogP contribution in [0, 0.1) is 0 Å². The first-order valence-corrected chi connectivity index (χ1v) is 7.30. The van der Waals surface area contributed by atoms with Crippen LogP contribution in [0.3, 0.4) is 0 Å². The highest BCUT2D eigenvalue weighted by Gasteiger charge is 2.33. The normalized spacial score (nSPS) is 13.8. The average molecular weight is 287 g/mol. The van der Waals surface area contributed by atoms with Crippen LogP contribution in [0.25, 0.3) is 0 Å². The number of benzene rings is 2. The predicted molar refractivity (Wildman–Crippen MR) is 71.1 cm³/mol. The van der Waals surface area contributed by atoms with Gasteiger partial charge in [-0.25, -0.2) is 13.6 Å². The molecule has 0 fully saturated rings. The van der Waals surface area contributed by atoms with Crippen molar-refractivity contribution in [3.8, 4) is 0 Å². The molecule has 1 aliphatic rings. The number of ketones is 2. The van der Waals surface area contributed by atoms with Crippen LogP contribution in [0.1, 0.15) is 31.8 Å². The number of hydrogen-bond donors (Lipinski definition) is 1. The van der Waals surface area contributed by atoms with Crippen molar-refractivity contribution in [2.75, 3.05) is 0 Å². The molecule has 0 bridgehead atoms. The van der Waals surface area contributed by atoms with Gasteiger partial charge in [-0.15, -0.1) is 0 Å². The molecule has 2 N–H and O–H groups in total. The molecular formula is C14H9NO4S. The summed E-state index contributed by atoms with van der Waals surface area (Å²) in [5.74, 6) is -0.875. The quantitative estimate of drug-likeness (QED) is 0.725. The van der Waals surface area contributed by atoms with Crippen molar-refractivity contribution >= 4 is 21.6 Å². The topological polar surface area (TPSA) is 94.3 Å². The third-order valence-electron chi connectivity index (χ3n) is 3.22. The standard InChI is InChI=1S/C14H9NO4S/c15-20(18,19)11-7-3-6-10-12(11)14(17)9-5-2-1-4-8(9)13(10)16/h1-7H,(H2,15,18,19). The van der Waals surface area contributed by atoms with Crippen molar-refractivity contribution < 1.29 is 18.0 Å². The Balaban J connectivity index is 2.40. The van der Waals surface area contributed by atoms with E-state index in [2.05, 4.69) is 0 Å². The van der Waals surface area contributed by atoms with Crippen molar-refractivity contribution in [1.29, 1.82) is 0 Å². The summed E-state index contributed by atoms with van der Waals surface area (Å²) >= 11 is 0. The van der Waals surface area contributed by atoms with E-state index in [0.29, 0.717) is 0 Å². The van der Waals surface area contributed by atoms with E-state index in [9.17, 15) is 18.0 Å². The average Bonchev–Trinajstić information content (AvgIpc) is 2.43. The lowest BCUT2D eigenvalue weighted by Crippen LogP contribution is -2.25. The Morgan fingerprint density at radius 2 is 1.30 bits per heavy atom. The molecule has 0 saturated heterocycles. The second kappa shape index (κ2) is 4.09. The van der Waals surface area contributed by atoms with Gasteiger partial charge in [0.15, 0.2) is 11.6 Å². The van der Waals surface area contributed by atoms with Gasteiger partial charge >= 0.3 is 0 Å². The van der Waals surface area contributed by atoms with Crippen LogP contribution in [0.5, 0.6) is 0 Å². The third-order valence-corrected chi connectivity index (χ3v) is 4.17. The Kier molecular flexibility index (Phi) is 2.60. The van der Waals surface area contributed by atoms with E-state index in [1.54, 1.807) is 18.2 Å². The molecule has 0 aliphatic heterocycles. The number of primary sulfonamides is 1. The van der Waals surface area contributed by atoms with Crippen LogP contribution in [-0.2, 0) is 10.0 Å². The fraction of sp³-hybridized carbons (Fsp3) is 0. The molecule has 2 aromatic carbocycles. The van der Waals surface area contributed by atoms with Gasteiger partial charge in [-0.3, -0.25) is 9.59 Å². The third kappa shape index (κ3) is 1.70. The zero-order valence-electron chi connectivity index (χ0n) is 10.2. The van der Waals surface area contributed by atoms with Gasteiger partial charge in [0.1, 0.15) is 0 Å². The highest BCUT2D eigenvalue weighted by Crippen LogP contribution is 2.30. The van der Waals surface area contributed by atoms with Crippen molar-refractivity contribution in [2.24, 2.45) is 5.14 Å². The molecule has 6 heteroatoms. The first-order valence-electron chi connectivity index (χ1n) is 5.75. The van der Waals surface area contributed by atoms with E-state index in [1.165, 1.54) is 24.3 Å². The second-order valence-electron chi connectivity index (χ2n) is 4.43. The molecule has 3 rings (SSSR count). The van der Waals surface area contributed by atoms with E-state index < -0.39 is 15.8 Å². The Morgan fingerprint density at radius 1 is 0.750 bits per heavy atom. The lowest BCUT2D eigenvalue weighted by atomic mass is 9.84. The molecule has 0 radical (unpaired) electrons. The molecule has 0 atom stereocenters. The van der Waals surface area contributed by atoms with Crippen LogP contribution in [-0.4, -0.2) is 20.0 Å². The summed E-state index contributed by atoms with van der Waals surface area (Å²) in [6.45, 7) is 0. The van der Waals surface area contributed by atoms with Gasteiger partial charge in [0, 0.05) is 16.7 Å². The Labute approximate surface area is 115 Å². The first-order chi connectivity index (χ1) is 9.41. The summed E-state index contributed by atoms with van der Waals surface area (Å²) < 4.78 is 23.2. The molecular weight excluding hydrogens is 278 g/mol. The fourth-order valence-corrected chi connectivity index (χ4v) is 3.11. The van der Waals surface area contributed by atoms with Crippen molar-refractivity contribution in [2.45, 2.75) is 4.90 Å². The maximum absolute atomic E-state index is 12.4. The van der Waals surface area contributed by atoms with Crippen molar-refractivity contribution in [3.05, 3.63) is 64.7 Å². The van der Waals surface area contributed by atoms with E-state index in [4.69, 9.17) is 5.14 Å². The number of fused-ring (bicyclic) bond motifs is 2. The maximum atomic E-state index is 12.4. The Hall–Kier alpha value is -2.31. The SMILES string of the molecule is NS(=O)(=O)c1cccc2c1C(=O)c1ccccc1C2=O. The largest absolute Gasteiger partial charge is 0.289 e. The zero-order chi connectivity index (χ0) is 14.5. The van der Waals surface area contributed by atoms with Crippen molar-refractivity contribution in [1.82, 2.24) is 0 Å². The summed E-state index contributed by atoms with van der Waals surface area (Å²) in [6, 6.07) is 10.4. The van der Waals surface area contributed by atoms with Gasteiger partial charge in [0.25, 0.3) is 0 Å². The second-order valence-corrected chi connectivity index (χ2v) is 5.96. The Morgan fingerprint density at radius 3 is 1.90 bits per heavy atom. The van der Waals surface area contributed by atoms with Gasteiger partial charge in [-0.2, -0.15) is 0 Å². The number of hydrogen-bond acceptors (Lipinski definition) is 4. The fourth-order valence-electron chi connectivity index (χ4n) is 2.35. The molecule has 0 heterocycles. The number of nitrogens with two attached hydrogens (primary N) is 1. The van der Waals surface area contributed by atoms with Crippen LogP contribution >= 0.6 is 0 Å². The van der Waals surface area contributed by atoms with Crippen molar-refractivity contribution in [3.63, 3.8) is 0 Å². The summed E-state index contributed by atoms with van der Waals surface area (Å²) in [4.78, 5) is 24.5. The molecule has 100 valence electrons. The predicted octanol–water partition coefficient (Wildman–Crippen LogP) is 1.11. The van der Waals surface area contributed by atoms with Gasteiger partial charge < -0.3 is 0 Å². The van der Waals surface area contributed by atoms with E-state index in [1.807, 2.05) is 0 Å². The van der Waals surface area contributed by atoms with Gasteiger partial charge in [-0.1, -0.05) is 36.4 Å². The van der Waals surface area contributed by atoms with Crippen LogP contribution in [0.4, 0.5) is 0 Å². The first kappa shape index (κ1) is 12.7. The smallest absolute Gasteiger partial charge is 0.238 e. The van der Waals surface area contributed by atoms with Crippen LogP contribution in [0.15, 0.2) is 47.4 Å². The minimum Gasteiger partial charge on any atom is -0.289 e. The number of sulfonamides is 1. The minimum absolute atomic E-state index is 0.0697. The molecule has 20 heavy (non-hydrogen) atoms. The molecule has 0 saturated carbocycles. The molecule has 5 nitrogen and oxygen atoms in total. The molecule has 0 spiro atoms. The molecule has 0 aromatic heterocycles. The lowest BCUT2D eigenvalue weighted by molar-refractivity contribution is 0.0976. The maximum Gasteiger partial charge on any atom is 0.238 e. The van der Waals surface area contributed by atoms with E-state index in [-0.39, 0.29) is 32.9 Å². The lowest BCUT2D eigenvalue weighted by Gasteiger charge is -2.19. The van der Waals surface area contributed by atoms with E-state index in [0.717, 1.165) is 0 Å². The van der Waals surface area contributed by atoms with Gasteiger partial charge in [0.2, 0.25) is 10.0 Å². The highest BCUT2D eigenvalue weighted by molar-refractivity contribution is 7.89. The molecule has 0 unspecified atom stereocenters. The van der Waals surface area contributed by atoms with Crippen LogP contribution in [0.2, 0.25) is 0 Å². The highest BCUT2D eigenvalue weighted by atomic mass is 32.2. The number of carbonyl (C=O) groups excluding carboxylic acids is 2. The summed E-state index contributed by atoms with van der Waals surface area (Å²) in [7, 11) is -4.08. The molecule has 0 amide bonds. The molecule has 2 aromatic rings. The summed E-state index contributed by atoms with van der Waals surface area (Å²) in [5.41, 5.74) is 0.400. The van der Waals surface area contributed by atoms with Crippen LogP contribution < -0.4 is 5.14 Å². The van der Waals surface area contributed by atoms with E-state index >= 15 is 0 Å². The minimum atomic E-state index is -4.08. The van der Waals surface area contributed by atoms with Gasteiger partial charge in [0.05, 0.1) is 10.5 Å². The Bertz CT molecular complexity index is 868.